The van der Waals surface area contributed by atoms with Crippen LogP contribution in [0, 0.1) is 0 Å². The van der Waals surface area contributed by atoms with Crippen molar-refractivity contribution in [2.45, 2.75) is 37.7 Å². The molecule has 0 heterocycles. The van der Waals surface area contributed by atoms with E-state index in [1.807, 2.05) is 6.92 Å². The third kappa shape index (κ3) is 4.85. The van der Waals surface area contributed by atoms with E-state index in [9.17, 15) is 13.2 Å². The lowest BCUT2D eigenvalue weighted by molar-refractivity contribution is -0.142. The van der Waals surface area contributed by atoms with Crippen LogP contribution >= 0.6 is 0 Å². The van der Waals surface area contributed by atoms with E-state index in [2.05, 4.69) is 0 Å². The fourth-order valence-corrected chi connectivity index (χ4v) is 2.82. The molecular formula is C14H21NO4S. The van der Waals surface area contributed by atoms with E-state index in [-0.39, 0.29) is 12.4 Å². The molecule has 1 unspecified atom stereocenters. The average Bonchev–Trinajstić information content (AvgIpc) is 2.40. The fraction of sp³-hybridized carbons (Fsp3) is 0.500. The van der Waals surface area contributed by atoms with Gasteiger partial charge in [0.2, 0.25) is 0 Å². The molecule has 112 valence electrons. The summed E-state index contributed by atoms with van der Waals surface area (Å²) in [6.07, 6.45) is 1.62. The molecule has 6 heteroatoms. The Morgan fingerprint density at radius 2 is 1.90 bits per heavy atom. The van der Waals surface area contributed by atoms with Crippen LogP contribution in [0.25, 0.3) is 0 Å². The number of nitrogen functional groups attached to an aromatic ring is 1. The Morgan fingerprint density at radius 3 is 2.45 bits per heavy atom. The highest BCUT2D eigenvalue weighted by Crippen LogP contribution is 2.14. The number of carbonyl (C=O) groups excluding carboxylic acids is 1. The number of ether oxygens (including phenoxy) is 1. The summed E-state index contributed by atoms with van der Waals surface area (Å²) in [6.45, 7) is 3.59. The maximum Gasteiger partial charge on any atom is 0.324 e. The van der Waals surface area contributed by atoms with E-state index in [0.29, 0.717) is 11.3 Å². The Balaban J connectivity index is 2.67. The molecule has 0 amide bonds. The van der Waals surface area contributed by atoms with Crippen molar-refractivity contribution >= 4 is 21.5 Å². The van der Waals surface area contributed by atoms with Gasteiger partial charge in [-0.2, -0.15) is 0 Å². The number of hydrogen-bond acceptors (Lipinski definition) is 5. The highest BCUT2D eigenvalue weighted by molar-refractivity contribution is 7.92. The maximum atomic E-state index is 12.1. The van der Waals surface area contributed by atoms with Crippen LogP contribution in [0.2, 0.25) is 0 Å². The number of hydrogen-bond donors (Lipinski definition) is 1. The molecule has 0 aliphatic carbocycles. The fourth-order valence-electron chi connectivity index (χ4n) is 1.55. The SMILES string of the molecule is CCCCOC(=O)C(C)S(=O)(=O)Cc1ccc(N)cc1. The standard InChI is InChI=1S/C14H21NO4S/c1-3-4-9-19-14(16)11(2)20(17,18)10-12-5-7-13(15)8-6-12/h5-8,11H,3-4,9-10,15H2,1-2H3. The summed E-state index contributed by atoms with van der Waals surface area (Å²) in [7, 11) is -3.58. The molecule has 0 bridgehead atoms. The van der Waals surface area contributed by atoms with Crippen molar-refractivity contribution in [3.8, 4) is 0 Å². The summed E-state index contributed by atoms with van der Waals surface area (Å²) in [4.78, 5) is 11.7. The molecular weight excluding hydrogens is 278 g/mol. The predicted octanol–water partition coefficient (Wildman–Crippen LogP) is 1.92. The largest absolute Gasteiger partial charge is 0.465 e. The van der Waals surface area contributed by atoms with Crippen LogP contribution in [-0.4, -0.2) is 26.2 Å². The number of sulfone groups is 1. The van der Waals surface area contributed by atoms with Gasteiger partial charge in [-0.25, -0.2) is 8.42 Å². The summed E-state index contributed by atoms with van der Waals surface area (Å²) in [5.74, 6) is -0.883. The van der Waals surface area contributed by atoms with Crippen molar-refractivity contribution in [3.63, 3.8) is 0 Å². The lowest BCUT2D eigenvalue weighted by atomic mass is 10.2. The molecule has 0 fully saturated rings. The van der Waals surface area contributed by atoms with Gasteiger partial charge in [-0.1, -0.05) is 25.5 Å². The first-order valence-corrected chi connectivity index (χ1v) is 8.31. The van der Waals surface area contributed by atoms with Gasteiger partial charge in [-0.05, 0) is 31.0 Å². The topological polar surface area (TPSA) is 86.5 Å². The van der Waals surface area contributed by atoms with Gasteiger partial charge in [-0.3, -0.25) is 4.79 Å². The molecule has 0 saturated heterocycles. The number of anilines is 1. The van der Waals surface area contributed by atoms with Gasteiger partial charge in [0.05, 0.1) is 12.4 Å². The normalized spacial score (nSPS) is 12.9. The van der Waals surface area contributed by atoms with Crippen molar-refractivity contribution < 1.29 is 17.9 Å². The Morgan fingerprint density at radius 1 is 1.30 bits per heavy atom. The average molecular weight is 299 g/mol. The number of benzene rings is 1. The van der Waals surface area contributed by atoms with Gasteiger partial charge in [-0.15, -0.1) is 0 Å². The van der Waals surface area contributed by atoms with E-state index in [0.717, 1.165) is 12.8 Å². The third-order valence-corrected chi connectivity index (χ3v) is 4.97. The van der Waals surface area contributed by atoms with Crippen LogP contribution in [0.4, 0.5) is 5.69 Å². The second-order valence-electron chi connectivity index (χ2n) is 4.71. The zero-order chi connectivity index (χ0) is 15.2. The first-order chi connectivity index (χ1) is 9.36. The molecule has 1 rings (SSSR count). The maximum absolute atomic E-state index is 12.1. The zero-order valence-electron chi connectivity index (χ0n) is 11.8. The van der Waals surface area contributed by atoms with E-state index < -0.39 is 21.1 Å². The summed E-state index contributed by atoms with van der Waals surface area (Å²) in [6, 6.07) is 6.55. The summed E-state index contributed by atoms with van der Waals surface area (Å²) in [5, 5.41) is -1.16. The van der Waals surface area contributed by atoms with Crippen molar-refractivity contribution in [1.29, 1.82) is 0 Å². The molecule has 5 nitrogen and oxygen atoms in total. The Labute approximate surface area is 120 Å². The minimum Gasteiger partial charge on any atom is -0.465 e. The lowest BCUT2D eigenvalue weighted by Crippen LogP contribution is -2.30. The van der Waals surface area contributed by atoms with Crippen LogP contribution in [0.1, 0.15) is 32.3 Å². The van der Waals surface area contributed by atoms with Gasteiger partial charge in [0.15, 0.2) is 15.1 Å². The summed E-state index contributed by atoms with van der Waals surface area (Å²) >= 11 is 0. The van der Waals surface area contributed by atoms with Crippen molar-refractivity contribution in [2.75, 3.05) is 12.3 Å². The second-order valence-corrected chi connectivity index (χ2v) is 7.03. The first kappa shape index (κ1) is 16.5. The molecule has 1 aromatic carbocycles. The third-order valence-electron chi connectivity index (χ3n) is 2.96. The van der Waals surface area contributed by atoms with E-state index in [4.69, 9.17) is 10.5 Å². The van der Waals surface area contributed by atoms with Gasteiger partial charge < -0.3 is 10.5 Å². The quantitative estimate of drug-likeness (QED) is 0.472. The number of nitrogens with two attached hydrogens (primary N) is 1. The molecule has 1 atom stereocenters. The molecule has 1 aromatic rings. The molecule has 0 aromatic heterocycles. The monoisotopic (exact) mass is 299 g/mol. The Kier molecular flexibility index (Phi) is 6.01. The van der Waals surface area contributed by atoms with Gasteiger partial charge in [0, 0.05) is 5.69 Å². The Bertz CT molecular complexity index is 537. The van der Waals surface area contributed by atoms with Crippen molar-refractivity contribution in [1.82, 2.24) is 0 Å². The van der Waals surface area contributed by atoms with Crippen molar-refractivity contribution in [2.24, 2.45) is 0 Å². The lowest BCUT2D eigenvalue weighted by Gasteiger charge is -2.12. The molecule has 0 aliphatic rings. The molecule has 0 saturated carbocycles. The molecule has 2 N–H and O–H groups in total. The minimum atomic E-state index is -3.58. The molecule has 0 radical (unpaired) electrons. The first-order valence-electron chi connectivity index (χ1n) is 6.59. The van der Waals surface area contributed by atoms with Crippen LogP contribution in [-0.2, 0) is 25.1 Å². The predicted molar refractivity (Wildman–Crippen MR) is 78.8 cm³/mol. The highest BCUT2D eigenvalue weighted by atomic mass is 32.2. The summed E-state index contributed by atoms with van der Waals surface area (Å²) in [5.41, 5.74) is 6.71. The number of esters is 1. The smallest absolute Gasteiger partial charge is 0.324 e. The number of unbranched alkanes of at least 4 members (excludes halogenated alkanes) is 1. The highest BCUT2D eigenvalue weighted by Gasteiger charge is 2.29. The van der Waals surface area contributed by atoms with E-state index in [1.54, 1.807) is 24.3 Å². The van der Waals surface area contributed by atoms with Crippen molar-refractivity contribution in [3.05, 3.63) is 29.8 Å². The Hall–Kier alpha value is -1.56. The van der Waals surface area contributed by atoms with Gasteiger partial charge in [0.1, 0.15) is 0 Å². The minimum absolute atomic E-state index is 0.197. The van der Waals surface area contributed by atoms with Gasteiger partial charge >= 0.3 is 5.97 Å². The molecule has 0 aliphatic heterocycles. The number of rotatable bonds is 7. The van der Waals surface area contributed by atoms with E-state index >= 15 is 0 Å². The molecule has 0 spiro atoms. The number of carbonyl (C=O) groups is 1. The van der Waals surface area contributed by atoms with Crippen LogP contribution in [0.15, 0.2) is 24.3 Å². The molecule has 20 heavy (non-hydrogen) atoms. The van der Waals surface area contributed by atoms with Crippen LogP contribution in [0.3, 0.4) is 0 Å². The second kappa shape index (κ2) is 7.28. The van der Waals surface area contributed by atoms with E-state index in [1.165, 1.54) is 6.92 Å². The summed E-state index contributed by atoms with van der Waals surface area (Å²) < 4.78 is 29.2. The van der Waals surface area contributed by atoms with Crippen LogP contribution in [0.5, 0.6) is 0 Å². The van der Waals surface area contributed by atoms with Crippen LogP contribution < -0.4 is 5.73 Å². The zero-order valence-corrected chi connectivity index (χ0v) is 12.7. The van der Waals surface area contributed by atoms with Gasteiger partial charge in [0.25, 0.3) is 0 Å².